The third kappa shape index (κ3) is 3.62. The third-order valence-corrected chi connectivity index (χ3v) is 6.38. The molecule has 0 atom stereocenters. The van der Waals surface area contributed by atoms with E-state index in [2.05, 4.69) is 15.6 Å². The van der Waals surface area contributed by atoms with Gasteiger partial charge in [-0.15, -0.1) is 6.42 Å². The van der Waals surface area contributed by atoms with Gasteiger partial charge < -0.3 is 9.88 Å². The zero-order valence-corrected chi connectivity index (χ0v) is 16.2. The van der Waals surface area contributed by atoms with Gasteiger partial charge in [0.2, 0.25) is 10.0 Å². The molecular weight excluding hydrogens is 393 g/mol. The summed E-state index contributed by atoms with van der Waals surface area (Å²) in [6.45, 7) is 0.671. The van der Waals surface area contributed by atoms with Gasteiger partial charge in [0.1, 0.15) is 5.82 Å². The first-order valence-corrected chi connectivity index (χ1v) is 10.5. The number of hydrogen-bond donors (Lipinski definition) is 2. The highest BCUT2D eigenvalue weighted by Gasteiger charge is 2.26. The Kier molecular flexibility index (Phi) is 4.86. The predicted molar refractivity (Wildman–Crippen MR) is 107 cm³/mol. The molecule has 1 amide bonds. The van der Waals surface area contributed by atoms with Crippen LogP contribution in [0, 0.1) is 18.2 Å². The zero-order valence-electron chi connectivity index (χ0n) is 15.4. The largest absolute Gasteiger partial charge is 0.358 e. The van der Waals surface area contributed by atoms with Crippen LogP contribution in [-0.4, -0.2) is 37.3 Å². The molecule has 0 spiro atoms. The van der Waals surface area contributed by atoms with Crippen molar-refractivity contribution in [2.45, 2.75) is 17.9 Å². The van der Waals surface area contributed by atoms with Crippen LogP contribution in [0.5, 0.6) is 0 Å². The van der Waals surface area contributed by atoms with Crippen molar-refractivity contribution in [3.8, 4) is 12.3 Å². The molecule has 148 valence electrons. The molecule has 1 aliphatic rings. The molecule has 29 heavy (non-hydrogen) atoms. The molecule has 2 N–H and O–H groups in total. The van der Waals surface area contributed by atoms with Gasteiger partial charge in [-0.2, -0.15) is 4.72 Å². The normalized spacial score (nSPS) is 13.9. The lowest BCUT2D eigenvalue weighted by Crippen LogP contribution is -2.36. The summed E-state index contributed by atoms with van der Waals surface area (Å²) >= 11 is 0. The van der Waals surface area contributed by atoms with Crippen LogP contribution in [0.25, 0.3) is 10.9 Å². The number of halogens is 1. The highest BCUT2D eigenvalue weighted by Crippen LogP contribution is 2.29. The number of rotatable bonds is 4. The standard InChI is InChI=1S/C21H18FN3O3S/c1-2-9-23-29(27,28)16-5-3-4-14(11-16)21(26)25-10-8-20-18(13-25)17-12-15(22)6-7-19(17)24-20/h1,3-7,11-12,23-24H,8-10,13H2. The van der Waals surface area contributed by atoms with Crippen LogP contribution in [0.2, 0.25) is 0 Å². The minimum Gasteiger partial charge on any atom is -0.358 e. The molecule has 6 nitrogen and oxygen atoms in total. The number of H-pyrrole nitrogens is 1. The van der Waals surface area contributed by atoms with E-state index in [1.165, 1.54) is 30.3 Å². The molecule has 0 fully saturated rings. The molecule has 0 saturated heterocycles. The first-order chi connectivity index (χ1) is 13.9. The Balaban J connectivity index is 1.62. The van der Waals surface area contributed by atoms with E-state index in [1.54, 1.807) is 17.0 Å². The number of nitrogens with one attached hydrogen (secondary N) is 2. The molecule has 4 rings (SSSR count). The van der Waals surface area contributed by atoms with Gasteiger partial charge in [-0.25, -0.2) is 12.8 Å². The average Bonchev–Trinajstić information content (AvgIpc) is 3.09. The van der Waals surface area contributed by atoms with Crippen molar-refractivity contribution in [1.82, 2.24) is 14.6 Å². The number of aromatic nitrogens is 1. The number of sulfonamides is 1. The number of fused-ring (bicyclic) bond motifs is 3. The quantitative estimate of drug-likeness (QED) is 0.647. The Morgan fingerprint density at radius 2 is 2.10 bits per heavy atom. The average molecular weight is 411 g/mol. The molecule has 2 aromatic carbocycles. The van der Waals surface area contributed by atoms with Gasteiger partial charge in [0.05, 0.1) is 11.4 Å². The van der Waals surface area contributed by atoms with Crippen molar-refractivity contribution >= 4 is 26.8 Å². The molecule has 1 aromatic heterocycles. The highest BCUT2D eigenvalue weighted by molar-refractivity contribution is 7.89. The second-order valence-corrected chi connectivity index (χ2v) is 8.57. The molecule has 0 aliphatic carbocycles. The monoisotopic (exact) mass is 411 g/mol. The lowest BCUT2D eigenvalue weighted by Gasteiger charge is -2.27. The molecule has 1 aliphatic heterocycles. The summed E-state index contributed by atoms with van der Waals surface area (Å²) in [6.07, 6.45) is 5.71. The third-order valence-electron chi connectivity index (χ3n) is 4.98. The summed E-state index contributed by atoms with van der Waals surface area (Å²) in [5.41, 5.74) is 2.98. The van der Waals surface area contributed by atoms with E-state index in [0.29, 0.717) is 19.5 Å². The van der Waals surface area contributed by atoms with Gasteiger partial charge in [-0.3, -0.25) is 4.79 Å². The van der Waals surface area contributed by atoms with Crippen molar-refractivity contribution in [3.63, 3.8) is 0 Å². The number of carbonyl (C=O) groups excluding carboxylic acids is 1. The Morgan fingerprint density at radius 1 is 1.28 bits per heavy atom. The van der Waals surface area contributed by atoms with Gasteiger partial charge in [-0.05, 0) is 36.4 Å². The van der Waals surface area contributed by atoms with Gasteiger partial charge in [0, 0.05) is 47.2 Å². The van der Waals surface area contributed by atoms with Gasteiger partial charge >= 0.3 is 0 Å². The lowest BCUT2D eigenvalue weighted by atomic mass is 10.0. The van der Waals surface area contributed by atoms with Crippen LogP contribution in [0.3, 0.4) is 0 Å². The van der Waals surface area contributed by atoms with E-state index < -0.39 is 10.0 Å². The number of benzene rings is 2. The lowest BCUT2D eigenvalue weighted by molar-refractivity contribution is 0.0735. The van der Waals surface area contributed by atoms with Crippen LogP contribution in [-0.2, 0) is 23.0 Å². The molecular formula is C21H18FN3O3S. The maximum absolute atomic E-state index is 13.7. The number of nitrogens with zero attached hydrogens (tertiary/aromatic N) is 1. The minimum atomic E-state index is -3.79. The van der Waals surface area contributed by atoms with E-state index >= 15 is 0 Å². The minimum absolute atomic E-state index is 0.0227. The van der Waals surface area contributed by atoms with Gasteiger partial charge in [0.15, 0.2) is 0 Å². The summed E-state index contributed by atoms with van der Waals surface area (Å²) in [5, 5.41) is 0.757. The molecule has 0 saturated carbocycles. The first kappa shape index (κ1) is 19.2. The molecule has 2 heterocycles. The van der Waals surface area contributed by atoms with Gasteiger partial charge in [-0.1, -0.05) is 12.0 Å². The fraction of sp³-hybridized carbons (Fsp3) is 0.190. The van der Waals surface area contributed by atoms with Crippen LogP contribution < -0.4 is 4.72 Å². The number of hydrogen-bond acceptors (Lipinski definition) is 3. The Bertz CT molecular complexity index is 1260. The summed E-state index contributed by atoms with van der Waals surface area (Å²) in [5.74, 6) is 1.60. The number of amides is 1. The summed E-state index contributed by atoms with van der Waals surface area (Å²) < 4.78 is 40.5. The maximum atomic E-state index is 13.7. The topological polar surface area (TPSA) is 82.3 Å². The van der Waals surface area contributed by atoms with Crippen molar-refractivity contribution in [2.75, 3.05) is 13.1 Å². The number of aromatic amines is 1. The van der Waals surface area contributed by atoms with E-state index in [9.17, 15) is 17.6 Å². The molecule has 0 unspecified atom stereocenters. The number of terminal acetylenes is 1. The van der Waals surface area contributed by atoms with Crippen LogP contribution in [0.1, 0.15) is 21.6 Å². The first-order valence-electron chi connectivity index (χ1n) is 9.00. The van der Waals surface area contributed by atoms with E-state index in [4.69, 9.17) is 6.42 Å². The Morgan fingerprint density at radius 3 is 2.90 bits per heavy atom. The highest BCUT2D eigenvalue weighted by atomic mass is 32.2. The second kappa shape index (κ2) is 7.35. The SMILES string of the molecule is C#CCNS(=O)(=O)c1cccc(C(=O)N2CCc3[nH]c4ccc(F)cc4c3C2)c1. The smallest absolute Gasteiger partial charge is 0.254 e. The maximum Gasteiger partial charge on any atom is 0.254 e. The Labute approximate surface area is 167 Å². The molecule has 0 bridgehead atoms. The Hall–Kier alpha value is -3.15. The summed E-state index contributed by atoms with van der Waals surface area (Å²) in [4.78, 5) is 17.9. The van der Waals surface area contributed by atoms with Crippen molar-refractivity contribution < 1.29 is 17.6 Å². The fourth-order valence-corrected chi connectivity index (χ4v) is 4.54. The molecule has 3 aromatic rings. The summed E-state index contributed by atoms with van der Waals surface area (Å²) in [6, 6.07) is 10.4. The van der Waals surface area contributed by atoms with Gasteiger partial charge in [0.25, 0.3) is 5.91 Å². The molecule has 8 heteroatoms. The molecule has 0 radical (unpaired) electrons. The van der Waals surface area contributed by atoms with E-state index in [0.717, 1.165) is 22.2 Å². The second-order valence-electron chi connectivity index (χ2n) is 6.81. The van der Waals surface area contributed by atoms with Crippen molar-refractivity contribution in [3.05, 3.63) is 65.1 Å². The van der Waals surface area contributed by atoms with Crippen LogP contribution >= 0.6 is 0 Å². The predicted octanol–water partition coefficient (Wildman–Crippen LogP) is 2.42. The van der Waals surface area contributed by atoms with E-state index in [-0.39, 0.29) is 28.7 Å². The van der Waals surface area contributed by atoms with Crippen molar-refractivity contribution in [2.24, 2.45) is 0 Å². The van der Waals surface area contributed by atoms with Crippen LogP contribution in [0.4, 0.5) is 4.39 Å². The van der Waals surface area contributed by atoms with Crippen LogP contribution in [0.15, 0.2) is 47.4 Å². The zero-order chi connectivity index (χ0) is 20.6. The van der Waals surface area contributed by atoms with Crippen molar-refractivity contribution in [1.29, 1.82) is 0 Å². The number of carbonyl (C=O) groups is 1. The van der Waals surface area contributed by atoms with E-state index in [1.807, 2.05) is 0 Å². The fourth-order valence-electron chi connectivity index (χ4n) is 3.56. The summed E-state index contributed by atoms with van der Waals surface area (Å²) in [7, 11) is -3.79.